The highest BCUT2D eigenvalue weighted by molar-refractivity contribution is 7.82. The fraction of sp³-hybridized carbons (Fsp3) is 0.588. The van der Waals surface area contributed by atoms with Crippen molar-refractivity contribution < 1.29 is 26.3 Å². The number of rotatable bonds is 6. The standard InChI is InChI=1S/C17H25NO6S/c1-11(2)14(16-15(12(3)4)23-25(20,21)24-16)18-17(19)22-10-13-8-6-5-7-9-13/h5-9,11-12,14-16H,10H2,1-4H3,(H,18,19)/t14-,15+,16+/m0/s1. The van der Waals surface area contributed by atoms with Crippen LogP contribution in [0.2, 0.25) is 0 Å². The summed E-state index contributed by atoms with van der Waals surface area (Å²) in [6.45, 7) is 7.55. The van der Waals surface area contributed by atoms with Crippen molar-refractivity contribution in [3.63, 3.8) is 0 Å². The zero-order valence-corrected chi connectivity index (χ0v) is 15.7. The summed E-state index contributed by atoms with van der Waals surface area (Å²) in [7, 11) is -4.05. The van der Waals surface area contributed by atoms with Gasteiger partial charge in [-0.1, -0.05) is 58.0 Å². The van der Waals surface area contributed by atoms with Gasteiger partial charge in [0.15, 0.2) is 0 Å². The fourth-order valence-electron chi connectivity index (χ4n) is 2.69. The SMILES string of the molecule is CC(C)[C@H]1OS(=O)(=O)O[C@@H]1[C@@H](NC(=O)OCc1ccccc1)C(C)C. The van der Waals surface area contributed by atoms with Gasteiger partial charge in [-0.25, -0.2) is 13.2 Å². The van der Waals surface area contributed by atoms with Crippen LogP contribution >= 0.6 is 0 Å². The molecule has 25 heavy (non-hydrogen) atoms. The van der Waals surface area contributed by atoms with Gasteiger partial charge < -0.3 is 10.1 Å². The summed E-state index contributed by atoms with van der Waals surface area (Å²) in [4.78, 5) is 12.1. The largest absolute Gasteiger partial charge is 0.445 e. The third kappa shape index (κ3) is 5.42. The van der Waals surface area contributed by atoms with Crippen LogP contribution in [0.25, 0.3) is 0 Å². The summed E-state index contributed by atoms with van der Waals surface area (Å²) in [5.74, 6) is -0.168. The lowest BCUT2D eigenvalue weighted by Gasteiger charge is -2.29. The molecule has 0 aromatic heterocycles. The second-order valence-electron chi connectivity index (χ2n) is 6.75. The number of benzene rings is 1. The first-order valence-electron chi connectivity index (χ1n) is 8.28. The third-order valence-electron chi connectivity index (χ3n) is 4.01. The maximum Gasteiger partial charge on any atom is 0.407 e. The van der Waals surface area contributed by atoms with Gasteiger partial charge in [-0.3, -0.25) is 0 Å². The van der Waals surface area contributed by atoms with Crippen molar-refractivity contribution >= 4 is 16.5 Å². The Morgan fingerprint density at radius 1 is 1.12 bits per heavy atom. The van der Waals surface area contributed by atoms with Crippen LogP contribution in [0.3, 0.4) is 0 Å². The number of hydrogen-bond donors (Lipinski definition) is 1. The third-order valence-corrected chi connectivity index (χ3v) is 4.92. The van der Waals surface area contributed by atoms with Crippen molar-refractivity contribution in [2.75, 3.05) is 0 Å². The second kappa shape index (κ2) is 8.16. The Morgan fingerprint density at radius 2 is 1.72 bits per heavy atom. The molecule has 1 aliphatic rings. The van der Waals surface area contributed by atoms with Crippen LogP contribution in [0.15, 0.2) is 30.3 Å². The molecule has 1 heterocycles. The average Bonchev–Trinajstić information content (AvgIpc) is 2.87. The number of ether oxygens (including phenoxy) is 1. The van der Waals surface area contributed by atoms with E-state index in [1.165, 1.54) is 0 Å². The van der Waals surface area contributed by atoms with Gasteiger partial charge in [0.05, 0.1) is 6.04 Å². The molecule has 1 aliphatic heterocycles. The molecule has 1 N–H and O–H groups in total. The minimum Gasteiger partial charge on any atom is -0.445 e. The molecule has 2 rings (SSSR count). The highest BCUT2D eigenvalue weighted by Gasteiger charge is 2.47. The number of hydrogen-bond acceptors (Lipinski definition) is 6. The molecule has 8 heteroatoms. The molecule has 0 unspecified atom stereocenters. The summed E-state index contributed by atoms with van der Waals surface area (Å²) in [5.41, 5.74) is 0.863. The topological polar surface area (TPSA) is 90.9 Å². The number of amides is 1. The molecule has 0 spiro atoms. The molecular weight excluding hydrogens is 346 g/mol. The van der Waals surface area contributed by atoms with Crippen LogP contribution in [0.5, 0.6) is 0 Å². The first kappa shape index (κ1) is 19.7. The Hall–Kier alpha value is -1.64. The van der Waals surface area contributed by atoms with Crippen molar-refractivity contribution in [2.24, 2.45) is 11.8 Å². The molecule has 0 radical (unpaired) electrons. The van der Waals surface area contributed by atoms with Gasteiger partial charge >= 0.3 is 16.5 Å². The van der Waals surface area contributed by atoms with E-state index < -0.39 is 34.7 Å². The van der Waals surface area contributed by atoms with E-state index >= 15 is 0 Å². The van der Waals surface area contributed by atoms with E-state index in [-0.39, 0.29) is 18.4 Å². The Balaban J connectivity index is 2.03. The zero-order chi connectivity index (χ0) is 18.6. The number of alkyl carbamates (subject to hydrolysis) is 1. The van der Waals surface area contributed by atoms with Crippen LogP contribution in [-0.2, 0) is 30.1 Å². The van der Waals surface area contributed by atoms with E-state index in [1.807, 2.05) is 58.0 Å². The molecular formula is C17H25NO6S. The van der Waals surface area contributed by atoms with Crippen LogP contribution in [0.1, 0.15) is 33.3 Å². The van der Waals surface area contributed by atoms with Gasteiger partial charge in [-0.2, -0.15) is 8.42 Å². The lowest BCUT2D eigenvalue weighted by Crippen LogP contribution is -2.51. The predicted molar refractivity (Wildman–Crippen MR) is 91.9 cm³/mol. The normalized spacial score (nSPS) is 23.6. The Kier molecular flexibility index (Phi) is 6.42. The van der Waals surface area contributed by atoms with Crippen LogP contribution in [0, 0.1) is 11.8 Å². The summed E-state index contributed by atoms with van der Waals surface area (Å²) < 4.78 is 38.7. The van der Waals surface area contributed by atoms with E-state index in [4.69, 9.17) is 13.1 Å². The highest BCUT2D eigenvalue weighted by atomic mass is 32.3. The molecule has 1 saturated heterocycles. The van der Waals surface area contributed by atoms with Gasteiger partial charge in [0, 0.05) is 0 Å². The van der Waals surface area contributed by atoms with Crippen molar-refractivity contribution in [3.05, 3.63) is 35.9 Å². The van der Waals surface area contributed by atoms with Crippen molar-refractivity contribution in [1.82, 2.24) is 5.32 Å². The van der Waals surface area contributed by atoms with Crippen LogP contribution < -0.4 is 5.32 Å². The molecule has 1 fully saturated rings. The maximum absolute atomic E-state index is 12.1. The van der Waals surface area contributed by atoms with Gasteiger partial charge in [0.2, 0.25) is 0 Å². The quantitative estimate of drug-likeness (QED) is 0.827. The zero-order valence-electron chi connectivity index (χ0n) is 14.8. The molecule has 7 nitrogen and oxygen atoms in total. The summed E-state index contributed by atoms with van der Waals surface area (Å²) in [5, 5.41) is 2.72. The second-order valence-corrected chi connectivity index (χ2v) is 7.95. The average molecular weight is 371 g/mol. The van der Waals surface area contributed by atoms with Crippen molar-refractivity contribution in [2.45, 2.75) is 52.6 Å². The Labute approximate surface area is 149 Å². The summed E-state index contributed by atoms with van der Waals surface area (Å²) in [6, 6.07) is 8.73. The molecule has 3 atom stereocenters. The van der Waals surface area contributed by atoms with Crippen molar-refractivity contribution in [3.8, 4) is 0 Å². The highest BCUT2D eigenvalue weighted by Crippen LogP contribution is 2.30. The van der Waals surface area contributed by atoms with Gasteiger partial charge in [0.1, 0.15) is 18.8 Å². The summed E-state index contributed by atoms with van der Waals surface area (Å²) in [6.07, 6.45) is -2.08. The monoisotopic (exact) mass is 371 g/mol. The molecule has 0 saturated carbocycles. The van der Waals surface area contributed by atoms with E-state index in [0.717, 1.165) is 5.56 Å². The van der Waals surface area contributed by atoms with Gasteiger partial charge in [-0.15, -0.1) is 0 Å². The molecule has 0 bridgehead atoms. The van der Waals surface area contributed by atoms with E-state index in [2.05, 4.69) is 5.32 Å². The number of nitrogens with one attached hydrogen (secondary N) is 1. The number of carbonyl (C=O) groups excluding carboxylic acids is 1. The number of carbonyl (C=O) groups is 1. The molecule has 1 amide bonds. The molecule has 1 aromatic rings. The molecule has 1 aromatic carbocycles. The van der Waals surface area contributed by atoms with Gasteiger partial charge in [0.25, 0.3) is 0 Å². The van der Waals surface area contributed by atoms with Crippen LogP contribution in [0.4, 0.5) is 4.79 Å². The minimum absolute atomic E-state index is 0.0765. The van der Waals surface area contributed by atoms with Crippen LogP contribution in [-0.4, -0.2) is 32.8 Å². The maximum atomic E-state index is 12.1. The first-order chi connectivity index (χ1) is 11.7. The van der Waals surface area contributed by atoms with Crippen molar-refractivity contribution in [1.29, 1.82) is 0 Å². The lowest BCUT2D eigenvalue weighted by molar-refractivity contribution is 0.0621. The smallest absolute Gasteiger partial charge is 0.407 e. The lowest BCUT2D eigenvalue weighted by atomic mass is 9.90. The van der Waals surface area contributed by atoms with E-state index in [0.29, 0.717) is 0 Å². The van der Waals surface area contributed by atoms with Gasteiger partial charge in [-0.05, 0) is 17.4 Å². The minimum atomic E-state index is -4.05. The predicted octanol–water partition coefficient (Wildman–Crippen LogP) is 2.62. The van der Waals surface area contributed by atoms with E-state index in [1.54, 1.807) is 0 Å². The first-order valence-corrected chi connectivity index (χ1v) is 9.61. The fourth-order valence-corrected chi connectivity index (χ4v) is 3.84. The summed E-state index contributed by atoms with van der Waals surface area (Å²) >= 11 is 0. The Morgan fingerprint density at radius 3 is 2.28 bits per heavy atom. The Bertz CT molecular complexity index is 674. The molecule has 0 aliphatic carbocycles. The van der Waals surface area contributed by atoms with E-state index in [9.17, 15) is 13.2 Å². The molecule has 140 valence electrons.